The van der Waals surface area contributed by atoms with Gasteiger partial charge in [-0.1, -0.05) is 53.8 Å². The van der Waals surface area contributed by atoms with Crippen LogP contribution >= 0.6 is 39.9 Å². The van der Waals surface area contributed by atoms with Crippen LogP contribution in [0.25, 0.3) is 6.08 Å². The lowest BCUT2D eigenvalue weighted by molar-refractivity contribution is -0.137. The zero-order valence-electron chi connectivity index (χ0n) is 16.9. The predicted molar refractivity (Wildman–Crippen MR) is 128 cm³/mol. The summed E-state index contributed by atoms with van der Waals surface area (Å²) in [4.78, 5) is 25.2. The molecule has 0 aliphatic carbocycles. The van der Waals surface area contributed by atoms with Crippen molar-refractivity contribution < 1.29 is 24.2 Å². The second kappa shape index (κ2) is 10.3. The van der Waals surface area contributed by atoms with E-state index in [0.29, 0.717) is 31.8 Å². The topological polar surface area (TPSA) is 76.1 Å². The Morgan fingerprint density at radius 2 is 2.00 bits per heavy atom. The number of thioether (sulfide) groups is 1. The maximum Gasteiger partial charge on any atom is 0.305 e. The molecule has 0 aromatic heterocycles. The first-order chi connectivity index (χ1) is 14.8. The number of hydrogen-bond acceptors (Lipinski definition) is 6. The number of benzene rings is 2. The van der Waals surface area contributed by atoms with Crippen LogP contribution in [-0.2, 0) is 16.2 Å². The van der Waals surface area contributed by atoms with E-state index in [1.165, 1.54) is 10.5 Å². The fraction of sp³-hybridized carbons (Fsp3) is 0.227. The smallest absolute Gasteiger partial charge is 0.305 e. The summed E-state index contributed by atoms with van der Waals surface area (Å²) >= 11 is 9.90. The van der Waals surface area contributed by atoms with Crippen LogP contribution in [0.5, 0.6) is 11.5 Å². The molecule has 162 valence electrons. The van der Waals surface area contributed by atoms with Crippen LogP contribution in [0.15, 0.2) is 45.8 Å². The Balaban J connectivity index is 1.79. The summed E-state index contributed by atoms with van der Waals surface area (Å²) in [5.41, 5.74) is 2.94. The van der Waals surface area contributed by atoms with Crippen molar-refractivity contribution in [3.05, 3.63) is 62.5 Å². The Labute approximate surface area is 198 Å². The lowest BCUT2D eigenvalue weighted by Gasteiger charge is -2.14. The third-order valence-electron chi connectivity index (χ3n) is 4.48. The molecule has 1 aliphatic heterocycles. The molecule has 1 aliphatic rings. The van der Waals surface area contributed by atoms with Gasteiger partial charge in [-0.3, -0.25) is 14.5 Å². The first kappa shape index (κ1) is 23.3. The number of hydrogen-bond donors (Lipinski definition) is 1. The SMILES string of the molecule is COc1cc(/C=C2/SC(=S)N(CCC(=O)O)C2=O)cc(Br)c1OCc1ccc(C)cc1. The molecular formula is C22H20BrNO5S2. The Bertz CT molecular complexity index is 1050. The highest BCUT2D eigenvalue weighted by Gasteiger charge is 2.32. The van der Waals surface area contributed by atoms with Gasteiger partial charge in [0, 0.05) is 6.54 Å². The predicted octanol–water partition coefficient (Wildman–Crippen LogP) is 5.02. The van der Waals surface area contributed by atoms with Gasteiger partial charge in [-0.2, -0.15) is 0 Å². The van der Waals surface area contributed by atoms with Gasteiger partial charge in [0.25, 0.3) is 5.91 Å². The summed E-state index contributed by atoms with van der Waals surface area (Å²) in [6.45, 7) is 2.47. The van der Waals surface area contributed by atoms with Crippen LogP contribution in [0, 0.1) is 6.92 Å². The summed E-state index contributed by atoms with van der Waals surface area (Å²) in [5, 5.41) is 8.86. The molecule has 2 aromatic carbocycles. The zero-order chi connectivity index (χ0) is 22.5. The van der Waals surface area contributed by atoms with Crippen LogP contribution in [-0.4, -0.2) is 39.9 Å². The number of rotatable bonds is 8. The maximum absolute atomic E-state index is 12.6. The molecule has 6 nitrogen and oxygen atoms in total. The Kier molecular flexibility index (Phi) is 7.74. The molecule has 0 saturated carbocycles. The van der Waals surface area contributed by atoms with Gasteiger partial charge in [0.2, 0.25) is 0 Å². The van der Waals surface area contributed by atoms with Crippen molar-refractivity contribution in [2.45, 2.75) is 20.0 Å². The molecule has 1 saturated heterocycles. The van der Waals surface area contributed by atoms with E-state index in [2.05, 4.69) is 15.9 Å². The van der Waals surface area contributed by atoms with Crippen molar-refractivity contribution in [1.29, 1.82) is 0 Å². The number of carbonyl (C=O) groups is 2. The van der Waals surface area contributed by atoms with Crippen molar-refractivity contribution in [3.63, 3.8) is 0 Å². The molecule has 0 unspecified atom stereocenters. The number of halogens is 1. The molecule has 0 bridgehead atoms. The molecule has 1 amide bonds. The van der Waals surface area contributed by atoms with E-state index in [9.17, 15) is 9.59 Å². The molecule has 0 spiro atoms. The number of carboxylic acids is 1. The molecule has 0 radical (unpaired) electrons. The van der Waals surface area contributed by atoms with Gasteiger partial charge in [-0.15, -0.1) is 0 Å². The van der Waals surface area contributed by atoms with Crippen molar-refractivity contribution in [1.82, 2.24) is 4.90 Å². The highest BCUT2D eigenvalue weighted by molar-refractivity contribution is 9.10. The lowest BCUT2D eigenvalue weighted by atomic mass is 10.1. The second-order valence-corrected chi connectivity index (χ2v) is 9.32. The number of carbonyl (C=O) groups excluding carboxylic acids is 1. The highest BCUT2D eigenvalue weighted by atomic mass is 79.9. The first-order valence-corrected chi connectivity index (χ1v) is 11.3. The minimum absolute atomic E-state index is 0.0517. The van der Waals surface area contributed by atoms with Crippen molar-refractivity contribution >= 4 is 62.2 Å². The highest BCUT2D eigenvalue weighted by Crippen LogP contribution is 2.39. The normalized spacial score (nSPS) is 14.9. The van der Waals surface area contributed by atoms with Crippen LogP contribution in [0.1, 0.15) is 23.1 Å². The van der Waals surface area contributed by atoms with E-state index in [4.69, 9.17) is 26.8 Å². The van der Waals surface area contributed by atoms with E-state index in [1.54, 1.807) is 19.3 Å². The minimum Gasteiger partial charge on any atom is -0.493 e. The number of aryl methyl sites for hydroxylation is 1. The third kappa shape index (κ3) is 5.87. The Hall–Kier alpha value is -2.36. The number of amides is 1. The maximum atomic E-state index is 12.6. The van der Waals surface area contributed by atoms with Gasteiger partial charge in [0.1, 0.15) is 10.9 Å². The molecule has 31 heavy (non-hydrogen) atoms. The van der Waals surface area contributed by atoms with Gasteiger partial charge < -0.3 is 14.6 Å². The second-order valence-electron chi connectivity index (χ2n) is 6.79. The van der Waals surface area contributed by atoms with Gasteiger partial charge in [0.15, 0.2) is 11.5 Å². The largest absolute Gasteiger partial charge is 0.493 e. The molecule has 1 heterocycles. The van der Waals surface area contributed by atoms with E-state index in [-0.39, 0.29) is 18.9 Å². The lowest BCUT2D eigenvalue weighted by Crippen LogP contribution is -2.30. The number of aliphatic carboxylic acids is 1. The number of ether oxygens (including phenoxy) is 2. The molecule has 1 N–H and O–H groups in total. The van der Waals surface area contributed by atoms with Gasteiger partial charge in [-0.05, 0) is 52.2 Å². The fourth-order valence-corrected chi connectivity index (χ4v) is 4.74. The zero-order valence-corrected chi connectivity index (χ0v) is 20.1. The quantitative estimate of drug-likeness (QED) is 0.386. The Morgan fingerprint density at radius 3 is 2.65 bits per heavy atom. The van der Waals surface area contributed by atoms with Crippen molar-refractivity contribution in [3.8, 4) is 11.5 Å². The van der Waals surface area contributed by atoms with Crippen LogP contribution in [0.4, 0.5) is 0 Å². The summed E-state index contributed by atoms with van der Waals surface area (Å²) in [5.74, 6) is -0.192. The van der Waals surface area contributed by atoms with Gasteiger partial charge in [0.05, 0.1) is 22.9 Å². The molecule has 9 heteroatoms. The number of methoxy groups -OCH3 is 1. The molecule has 3 rings (SSSR count). The van der Waals surface area contributed by atoms with E-state index >= 15 is 0 Å². The monoisotopic (exact) mass is 521 g/mol. The van der Waals surface area contributed by atoms with E-state index in [0.717, 1.165) is 22.9 Å². The Morgan fingerprint density at radius 1 is 1.29 bits per heavy atom. The van der Waals surface area contributed by atoms with Crippen LogP contribution in [0.2, 0.25) is 0 Å². The van der Waals surface area contributed by atoms with E-state index < -0.39 is 5.97 Å². The summed E-state index contributed by atoms with van der Waals surface area (Å²) in [6.07, 6.45) is 1.54. The number of nitrogens with zero attached hydrogens (tertiary/aromatic N) is 1. The van der Waals surface area contributed by atoms with E-state index in [1.807, 2.05) is 37.3 Å². The standard InChI is InChI=1S/C22H20BrNO5S2/c1-13-3-5-14(6-4-13)12-29-20-16(23)9-15(10-17(20)28-2)11-18-21(27)24(22(30)31-18)8-7-19(25)26/h3-6,9-11H,7-8,12H2,1-2H3,(H,25,26)/b18-11+. The van der Waals surface area contributed by atoms with Crippen molar-refractivity contribution in [2.75, 3.05) is 13.7 Å². The van der Waals surface area contributed by atoms with Gasteiger partial charge in [-0.25, -0.2) is 0 Å². The molecule has 1 fully saturated rings. The molecular weight excluding hydrogens is 502 g/mol. The number of carboxylic acid groups (broad SMARTS) is 1. The average Bonchev–Trinajstić information content (AvgIpc) is 2.99. The third-order valence-corrected chi connectivity index (χ3v) is 6.44. The fourth-order valence-electron chi connectivity index (χ4n) is 2.85. The van der Waals surface area contributed by atoms with Crippen LogP contribution < -0.4 is 9.47 Å². The first-order valence-electron chi connectivity index (χ1n) is 9.31. The average molecular weight is 522 g/mol. The summed E-state index contributed by atoms with van der Waals surface area (Å²) in [7, 11) is 1.55. The van der Waals surface area contributed by atoms with Crippen molar-refractivity contribution in [2.24, 2.45) is 0 Å². The minimum atomic E-state index is -0.979. The number of thiocarbonyl (C=S) groups is 1. The summed E-state index contributed by atoms with van der Waals surface area (Å²) in [6, 6.07) is 11.7. The molecule has 2 aromatic rings. The van der Waals surface area contributed by atoms with Crippen LogP contribution in [0.3, 0.4) is 0 Å². The van der Waals surface area contributed by atoms with Gasteiger partial charge >= 0.3 is 5.97 Å². The molecule has 0 atom stereocenters. The summed E-state index contributed by atoms with van der Waals surface area (Å²) < 4.78 is 12.5.